The Morgan fingerprint density at radius 3 is 2.47 bits per heavy atom. The highest BCUT2D eigenvalue weighted by Gasteiger charge is 2.28. The van der Waals surface area contributed by atoms with E-state index >= 15 is 0 Å². The van der Waals surface area contributed by atoms with Gasteiger partial charge in [0.1, 0.15) is 11.0 Å². The summed E-state index contributed by atoms with van der Waals surface area (Å²) in [5.41, 5.74) is 0. The summed E-state index contributed by atoms with van der Waals surface area (Å²) >= 11 is 7.57. The molecule has 2 rings (SSSR count). The molecule has 7 nitrogen and oxygen atoms in total. The van der Waals surface area contributed by atoms with Crippen LogP contribution in [0.4, 0.5) is 5.82 Å². The highest BCUT2D eigenvalue weighted by molar-refractivity contribution is 7.99. The molecule has 2 heterocycles. The van der Waals surface area contributed by atoms with Crippen LogP contribution in [0.5, 0.6) is 0 Å². The lowest BCUT2D eigenvalue weighted by molar-refractivity contribution is -0.133. The maximum atomic E-state index is 12.7. The molecule has 1 aromatic heterocycles. The first-order chi connectivity index (χ1) is 16.4. The first kappa shape index (κ1) is 28.7. The molecule has 1 aliphatic heterocycles. The maximum absolute atomic E-state index is 12.7. The minimum absolute atomic E-state index is 0.0120. The molecule has 0 aliphatic carbocycles. The summed E-state index contributed by atoms with van der Waals surface area (Å²) in [5.74, 6) is 1.26. The van der Waals surface area contributed by atoms with Gasteiger partial charge in [-0.3, -0.25) is 9.59 Å². The molecule has 0 spiro atoms. The van der Waals surface area contributed by atoms with Gasteiger partial charge in [-0.05, 0) is 19.8 Å². The molecule has 192 valence electrons. The number of carbonyl (C=O) groups excluding carboxylic acids is 2. The molecule has 1 aromatic rings. The number of nitrogens with zero attached hydrogens (tertiary/aromatic N) is 4. The summed E-state index contributed by atoms with van der Waals surface area (Å²) in [6.07, 6.45) is 10.9. The number of rotatable bonds is 15. The number of carbonyl (C=O) groups is 2. The van der Waals surface area contributed by atoms with Crippen LogP contribution in [0.3, 0.4) is 0 Å². The van der Waals surface area contributed by atoms with E-state index in [1.807, 2.05) is 4.90 Å². The van der Waals surface area contributed by atoms with Crippen molar-refractivity contribution in [3.63, 3.8) is 0 Å². The van der Waals surface area contributed by atoms with E-state index < -0.39 is 0 Å². The summed E-state index contributed by atoms with van der Waals surface area (Å²) in [6.45, 7) is 9.26. The molecule has 2 amide bonds. The van der Waals surface area contributed by atoms with Crippen molar-refractivity contribution in [2.45, 2.75) is 96.2 Å². The van der Waals surface area contributed by atoms with Gasteiger partial charge in [0.25, 0.3) is 0 Å². The first-order valence-electron chi connectivity index (χ1n) is 12.9. The molecule has 1 saturated heterocycles. The van der Waals surface area contributed by atoms with Crippen molar-refractivity contribution in [3.8, 4) is 0 Å². The van der Waals surface area contributed by atoms with E-state index in [0.29, 0.717) is 42.9 Å². The van der Waals surface area contributed by atoms with Crippen molar-refractivity contribution in [1.29, 1.82) is 0 Å². The van der Waals surface area contributed by atoms with Gasteiger partial charge in [0.05, 0.1) is 5.75 Å². The number of piperazine rings is 1. The quantitative estimate of drug-likeness (QED) is 0.149. The summed E-state index contributed by atoms with van der Waals surface area (Å²) < 4.78 is 0. The normalized spacial score (nSPS) is 16.1. The van der Waals surface area contributed by atoms with E-state index in [1.165, 1.54) is 43.9 Å². The van der Waals surface area contributed by atoms with Gasteiger partial charge < -0.3 is 15.1 Å². The van der Waals surface area contributed by atoms with Gasteiger partial charge in [0.15, 0.2) is 5.16 Å². The molecule has 34 heavy (non-hydrogen) atoms. The Bertz CT molecular complexity index is 767. The molecule has 1 aliphatic rings. The predicted molar refractivity (Wildman–Crippen MR) is 142 cm³/mol. The van der Waals surface area contributed by atoms with Crippen molar-refractivity contribution in [1.82, 2.24) is 20.2 Å². The number of aromatic nitrogens is 2. The summed E-state index contributed by atoms with van der Waals surface area (Å²) in [6, 6.07) is 1.87. The topological polar surface area (TPSA) is 78.4 Å². The highest BCUT2D eigenvalue weighted by atomic mass is 35.5. The Balaban J connectivity index is 1.82. The van der Waals surface area contributed by atoms with Crippen LogP contribution in [0.15, 0.2) is 11.2 Å². The van der Waals surface area contributed by atoms with E-state index in [0.717, 1.165) is 31.5 Å². The first-order valence-corrected chi connectivity index (χ1v) is 14.3. The van der Waals surface area contributed by atoms with Gasteiger partial charge in [0, 0.05) is 44.7 Å². The molecular formula is C25H42ClN5O2S. The molecule has 9 heteroatoms. The van der Waals surface area contributed by atoms with Gasteiger partial charge in [0.2, 0.25) is 11.8 Å². The number of hydrogen-bond acceptors (Lipinski definition) is 6. The molecule has 0 saturated carbocycles. The Hall–Kier alpha value is -1.54. The van der Waals surface area contributed by atoms with E-state index in [4.69, 9.17) is 11.6 Å². The average molecular weight is 512 g/mol. The molecule has 0 bridgehead atoms. The molecule has 1 N–H and O–H groups in total. The third-order valence-electron chi connectivity index (χ3n) is 6.11. The Kier molecular flexibility index (Phi) is 13.7. The van der Waals surface area contributed by atoms with E-state index in [2.05, 4.69) is 41.0 Å². The number of nitrogens with one attached hydrogen (secondary N) is 1. The van der Waals surface area contributed by atoms with Gasteiger partial charge in [-0.2, -0.15) is 0 Å². The minimum atomic E-state index is -0.0120. The van der Waals surface area contributed by atoms with Gasteiger partial charge in [-0.1, -0.05) is 82.2 Å². The minimum Gasteiger partial charge on any atom is -0.355 e. The molecular weight excluding hydrogens is 470 g/mol. The van der Waals surface area contributed by atoms with Crippen LogP contribution < -0.4 is 10.2 Å². The van der Waals surface area contributed by atoms with Crippen molar-refractivity contribution in [2.24, 2.45) is 0 Å². The lowest BCUT2D eigenvalue weighted by atomic mass is 10.1. The Morgan fingerprint density at radius 1 is 1.06 bits per heavy atom. The fourth-order valence-electron chi connectivity index (χ4n) is 4.13. The van der Waals surface area contributed by atoms with Gasteiger partial charge >= 0.3 is 0 Å². The Labute approximate surface area is 214 Å². The van der Waals surface area contributed by atoms with Crippen LogP contribution in [-0.2, 0) is 9.59 Å². The molecule has 0 aromatic carbocycles. The molecule has 0 radical (unpaired) electrons. The predicted octanol–water partition coefficient (Wildman–Crippen LogP) is 5.32. The number of thioether (sulfide) groups is 1. The van der Waals surface area contributed by atoms with Gasteiger partial charge in [-0.15, -0.1) is 0 Å². The molecule has 1 atom stereocenters. The smallest absolute Gasteiger partial charge is 0.230 e. The lowest BCUT2D eigenvalue weighted by Gasteiger charge is -2.40. The zero-order valence-electron chi connectivity index (χ0n) is 21.2. The second-order valence-electron chi connectivity index (χ2n) is 9.08. The monoisotopic (exact) mass is 511 g/mol. The van der Waals surface area contributed by atoms with Crippen molar-refractivity contribution in [3.05, 3.63) is 11.2 Å². The SMILES string of the molecule is CCCCCCCC(=O)N1CCN(c2cc(Cl)nc(SCC(=O)NCCCCCC)n2)CC1C. The van der Waals surface area contributed by atoms with E-state index in [-0.39, 0.29) is 23.6 Å². The zero-order valence-corrected chi connectivity index (χ0v) is 22.7. The maximum Gasteiger partial charge on any atom is 0.230 e. The van der Waals surface area contributed by atoms with Crippen LogP contribution in [0, 0.1) is 0 Å². The zero-order chi connectivity index (χ0) is 24.8. The number of halogens is 1. The van der Waals surface area contributed by atoms with E-state index in [1.54, 1.807) is 6.07 Å². The van der Waals surface area contributed by atoms with Crippen molar-refractivity contribution in [2.75, 3.05) is 36.8 Å². The van der Waals surface area contributed by atoms with E-state index in [9.17, 15) is 9.59 Å². The molecule has 1 fully saturated rings. The Morgan fingerprint density at radius 2 is 1.76 bits per heavy atom. The summed E-state index contributed by atoms with van der Waals surface area (Å²) in [7, 11) is 0. The standard InChI is InChI=1S/C25H42ClN5O2S/c1-4-6-8-10-11-13-24(33)31-16-15-30(18-20(31)3)22-17-21(26)28-25(29-22)34-19-23(32)27-14-12-9-7-5-2/h17,20H,4-16,18-19H2,1-3H3,(H,27,32). The third-order valence-corrected chi connectivity index (χ3v) is 7.15. The number of anilines is 1. The van der Waals surface area contributed by atoms with Crippen LogP contribution in [0.2, 0.25) is 5.15 Å². The number of amides is 2. The third kappa shape index (κ3) is 10.4. The van der Waals surface area contributed by atoms with Crippen molar-refractivity contribution >= 4 is 41.0 Å². The fourth-order valence-corrected chi connectivity index (χ4v) is 5.04. The van der Waals surface area contributed by atoms with Crippen molar-refractivity contribution < 1.29 is 9.59 Å². The summed E-state index contributed by atoms with van der Waals surface area (Å²) in [5, 5.41) is 3.82. The number of hydrogen-bond donors (Lipinski definition) is 1. The second-order valence-corrected chi connectivity index (χ2v) is 10.4. The van der Waals surface area contributed by atoms with Gasteiger partial charge in [-0.25, -0.2) is 9.97 Å². The molecule has 1 unspecified atom stereocenters. The van der Waals surface area contributed by atoms with Crippen LogP contribution in [0.1, 0.15) is 85.0 Å². The number of unbranched alkanes of at least 4 members (excludes halogenated alkanes) is 7. The summed E-state index contributed by atoms with van der Waals surface area (Å²) in [4.78, 5) is 37.9. The average Bonchev–Trinajstić information content (AvgIpc) is 2.82. The highest BCUT2D eigenvalue weighted by Crippen LogP contribution is 2.24. The second kappa shape index (κ2) is 16.2. The van der Waals surface area contributed by atoms with Crippen LogP contribution in [-0.4, -0.2) is 64.7 Å². The van der Waals surface area contributed by atoms with Crippen LogP contribution in [0.25, 0.3) is 0 Å². The van der Waals surface area contributed by atoms with Crippen LogP contribution >= 0.6 is 23.4 Å². The lowest BCUT2D eigenvalue weighted by Crippen LogP contribution is -2.54. The fraction of sp³-hybridized carbons (Fsp3) is 0.760. The largest absolute Gasteiger partial charge is 0.355 e.